The van der Waals surface area contributed by atoms with Gasteiger partial charge in [-0.25, -0.2) is 5.10 Å². The molecule has 0 saturated carbocycles. The molecule has 0 aliphatic rings. The molecule has 0 saturated heterocycles. The Balaban J connectivity index is 2.04. The second kappa shape index (κ2) is 5.21. The molecule has 0 amide bonds. The third kappa shape index (κ3) is 3.22. The van der Waals surface area contributed by atoms with Crippen LogP contribution in [0.3, 0.4) is 0 Å². The summed E-state index contributed by atoms with van der Waals surface area (Å²) < 4.78 is 5.36. The first-order valence-electron chi connectivity index (χ1n) is 4.77. The predicted molar refractivity (Wildman–Crippen MR) is 65.7 cm³/mol. The molecule has 88 valence electrons. The lowest BCUT2D eigenvalue weighted by Gasteiger charge is -2.05. The van der Waals surface area contributed by atoms with Crippen LogP contribution in [-0.2, 0) is 6.61 Å². The molecule has 0 bridgehead atoms. The molecule has 0 fully saturated rings. The van der Waals surface area contributed by atoms with Crippen molar-refractivity contribution < 1.29 is 4.74 Å². The molecule has 0 unspecified atom stereocenters. The van der Waals surface area contributed by atoms with Gasteiger partial charge < -0.3 is 4.74 Å². The zero-order valence-electron chi connectivity index (χ0n) is 8.61. The number of nitrogens with zero attached hydrogens (tertiary/aromatic N) is 1. The van der Waals surface area contributed by atoms with E-state index in [2.05, 4.69) is 10.2 Å². The van der Waals surface area contributed by atoms with E-state index in [4.69, 9.17) is 27.9 Å². The highest BCUT2D eigenvalue weighted by atomic mass is 35.5. The first-order chi connectivity index (χ1) is 8.15. The van der Waals surface area contributed by atoms with Crippen molar-refractivity contribution in [3.05, 3.63) is 56.3 Å². The molecule has 0 radical (unpaired) electrons. The van der Waals surface area contributed by atoms with E-state index in [0.29, 0.717) is 22.5 Å². The van der Waals surface area contributed by atoms with Gasteiger partial charge in [0.05, 0.1) is 10.0 Å². The zero-order chi connectivity index (χ0) is 12.3. The van der Waals surface area contributed by atoms with Crippen LogP contribution in [0.15, 0.2) is 35.1 Å². The number of aromatic amines is 1. The maximum absolute atomic E-state index is 10.8. The van der Waals surface area contributed by atoms with Crippen molar-refractivity contribution in [2.75, 3.05) is 0 Å². The molecule has 1 heterocycles. The average molecular weight is 271 g/mol. The predicted octanol–water partition coefficient (Wildman–Crippen LogP) is 2.66. The number of benzene rings is 1. The number of H-pyrrole nitrogens is 1. The van der Waals surface area contributed by atoms with Gasteiger partial charge in [-0.15, -0.1) is 5.10 Å². The summed E-state index contributed by atoms with van der Waals surface area (Å²) in [5.74, 6) is 0.343. The summed E-state index contributed by atoms with van der Waals surface area (Å²) in [6, 6.07) is 8.06. The lowest BCUT2D eigenvalue weighted by atomic mass is 10.2. The molecule has 17 heavy (non-hydrogen) atoms. The number of nitrogens with one attached hydrogen (secondary N) is 1. The van der Waals surface area contributed by atoms with Crippen molar-refractivity contribution in [2.45, 2.75) is 6.61 Å². The number of hydrogen-bond acceptors (Lipinski definition) is 3. The fourth-order valence-electron chi connectivity index (χ4n) is 1.20. The van der Waals surface area contributed by atoms with E-state index >= 15 is 0 Å². The highest BCUT2D eigenvalue weighted by Crippen LogP contribution is 2.23. The van der Waals surface area contributed by atoms with Gasteiger partial charge in [-0.1, -0.05) is 29.3 Å². The van der Waals surface area contributed by atoms with Gasteiger partial charge in [-0.3, -0.25) is 4.79 Å². The first-order valence-corrected chi connectivity index (χ1v) is 5.53. The zero-order valence-corrected chi connectivity index (χ0v) is 10.1. The number of aromatic nitrogens is 2. The first kappa shape index (κ1) is 12.0. The molecule has 1 N–H and O–H groups in total. The number of rotatable bonds is 3. The standard InChI is InChI=1S/C11H8Cl2N2O2/c12-8-2-1-7(5-9(8)13)6-17-11-4-3-10(16)14-15-11/h1-5H,6H2,(H,14,16). The lowest BCUT2D eigenvalue weighted by molar-refractivity contribution is 0.290. The van der Waals surface area contributed by atoms with Gasteiger partial charge in [0, 0.05) is 12.1 Å². The van der Waals surface area contributed by atoms with Crippen LogP contribution in [0, 0.1) is 0 Å². The fraction of sp³-hybridized carbons (Fsp3) is 0.0909. The maximum Gasteiger partial charge on any atom is 0.264 e. The molecule has 6 heteroatoms. The van der Waals surface area contributed by atoms with E-state index < -0.39 is 0 Å². The summed E-state index contributed by atoms with van der Waals surface area (Å²) in [7, 11) is 0. The third-order valence-corrected chi connectivity index (χ3v) is 2.76. The summed E-state index contributed by atoms with van der Waals surface area (Å²) in [6.45, 7) is 0.302. The minimum absolute atomic E-state index is 0.271. The molecule has 2 rings (SSSR count). The molecule has 0 aliphatic heterocycles. The summed E-state index contributed by atoms with van der Waals surface area (Å²) in [5, 5.41) is 6.97. The van der Waals surface area contributed by atoms with Gasteiger partial charge in [0.1, 0.15) is 6.61 Å². The summed E-state index contributed by atoms with van der Waals surface area (Å²) in [6.07, 6.45) is 0. The summed E-state index contributed by atoms with van der Waals surface area (Å²) >= 11 is 11.7. The normalized spacial score (nSPS) is 10.2. The topological polar surface area (TPSA) is 55.0 Å². The Morgan fingerprint density at radius 1 is 1.18 bits per heavy atom. The quantitative estimate of drug-likeness (QED) is 0.933. The van der Waals surface area contributed by atoms with Crippen LogP contribution in [0.4, 0.5) is 0 Å². The summed E-state index contributed by atoms with van der Waals surface area (Å²) in [5.41, 5.74) is 0.597. The van der Waals surface area contributed by atoms with Crippen molar-refractivity contribution in [1.29, 1.82) is 0 Å². The van der Waals surface area contributed by atoms with E-state index in [0.717, 1.165) is 5.56 Å². The summed E-state index contributed by atoms with van der Waals surface area (Å²) in [4.78, 5) is 10.8. The van der Waals surface area contributed by atoms with Crippen molar-refractivity contribution in [3.8, 4) is 5.88 Å². The van der Waals surface area contributed by atoms with Crippen molar-refractivity contribution in [3.63, 3.8) is 0 Å². The van der Waals surface area contributed by atoms with E-state index in [9.17, 15) is 4.79 Å². The van der Waals surface area contributed by atoms with Crippen LogP contribution in [0.25, 0.3) is 0 Å². The molecule has 4 nitrogen and oxygen atoms in total. The molecule has 1 aromatic heterocycles. The van der Waals surface area contributed by atoms with Crippen molar-refractivity contribution >= 4 is 23.2 Å². The Kier molecular flexibility index (Phi) is 3.66. The molecular formula is C11H8Cl2N2O2. The van der Waals surface area contributed by atoms with Crippen LogP contribution < -0.4 is 10.3 Å². The van der Waals surface area contributed by atoms with Crippen molar-refractivity contribution in [1.82, 2.24) is 10.2 Å². The fourth-order valence-corrected chi connectivity index (χ4v) is 1.52. The second-order valence-corrected chi connectivity index (χ2v) is 4.11. The molecule has 0 spiro atoms. The SMILES string of the molecule is O=c1ccc(OCc2ccc(Cl)c(Cl)c2)n[nH]1. The Morgan fingerprint density at radius 2 is 2.00 bits per heavy atom. The van der Waals surface area contributed by atoms with Gasteiger partial charge in [0.2, 0.25) is 5.88 Å². The monoisotopic (exact) mass is 270 g/mol. The minimum atomic E-state index is -0.271. The smallest absolute Gasteiger partial charge is 0.264 e. The van der Waals surface area contributed by atoms with Crippen LogP contribution in [0.2, 0.25) is 10.0 Å². The van der Waals surface area contributed by atoms with Crippen LogP contribution >= 0.6 is 23.2 Å². The largest absolute Gasteiger partial charge is 0.472 e. The van der Waals surface area contributed by atoms with Crippen LogP contribution in [0.5, 0.6) is 5.88 Å². The minimum Gasteiger partial charge on any atom is -0.472 e. The highest BCUT2D eigenvalue weighted by Gasteiger charge is 2.01. The van der Waals surface area contributed by atoms with Gasteiger partial charge in [-0.2, -0.15) is 0 Å². The van der Waals surface area contributed by atoms with Crippen LogP contribution in [-0.4, -0.2) is 10.2 Å². The number of ether oxygens (including phenoxy) is 1. The van der Waals surface area contributed by atoms with Crippen LogP contribution in [0.1, 0.15) is 5.56 Å². The number of hydrogen-bond donors (Lipinski definition) is 1. The van der Waals surface area contributed by atoms with E-state index in [-0.39, 0.29) is 5.56 Å². The Bertz CT molecular complexity index is 563. The molecule has 2 aromatic rings. The lowest BCUT2D eigenvalue weighted by Crippen LogP contribution is -2.07. The Hall–Kier alpha value is -1.52. The Labute approximate surface area is 107 Å². The molecular weight excluding hydrogens is 263 g/mol. The van der Waals surface area contributed by atoms with E-state index in [1.54, 1.807) is 18.2 Å². The van der Waals surface area contributed by atoms with Gasteiger partial charge in [-0.05, 0) is 17.7 Å². The van der Waals surface area contributed by atoms with Crippen molar-refractivity contribution in [2.24, 2.45) is 0 Å². The molecule has 0 aliphatic carbocycles. The average Bonchev–Trinajstić information content (AvgIpc) is 2.33. The van der Waals surface area contributed by atoms with E-state index in [1.165, 1.54) is 12.1 Å². The van der Waals surface area contributed by atoms with Gasteiger partial charge in [0.15, 0.2) is 0 Å². The maximum atomic E-state index is 10.8. The third-order valence-electron chi connectivity index (χ3n) is 2.02. The molecule has 0 atom stereocenters. The Morgan fingerprint density at radius 3 is 2.65 bits per heavy atom. The van der Waals surface area contributed by atoms with Gasteiger partial charge >= 0.3 is 0 Å². The second-order valence-electron chi connectivity index (χ2n) is 3.30. The highest BCUT2D eigenvalue weighted by molar-refractivity contribution is 6.42. The number of halogens is 2. The molecule has 1 aromatic carbocycles. The van der Waals surface area contributed by atoms with E-state index in [1.807, 2.05) is 0 Å². The van der Waals surface area contributed by atoms with Gasteiger partial charge in [0.25, 0.3) is 5.56 Å².